The summed E-state index contributed by atoms with van der Waals surface area (Å²) in [5.74, 6) is 0.310. The zero-order valence-electron chi connectivity index (χ0n) is 14.1. The lowest BCUT2D eigenvalue weighted by Crippen LogP contribution is -2.40. The number of amides is 1. The molecule has 4 rings (SSSR count). The Balaban J connectivity index is 1.47. The van der Waals surface area contributed by atoms with Crippen molar-refractivity contribution in [1.82, 2.24) is 14.8 Å². The average Bonchev–Trinajstić information content (AvgIpc) is 3.12. The normalized spacial score (nSPS) is 22.8. The maximum absolute atomic E-state index is 12.7. The summed E-state index contributed by atoms with van der Waals surface area (Å²) < 4.78 is 1.25. The van der Waals surface area contributed by atoms with Gasteiger partial charge in [-0.15, -0.1) is 11.3 Å². The summed E-state index contributed by atoms with van der Waals surface area (Å²) >= 11 is 1.79. The Morgan fingerprint density at radius 2 is 1.88 bits per heavy atom. The highest BCUT2D eigenvalue weighted by atomic mass is 32.1. The highest BCUT2D eigenvalue weighted by Crippen LogP contribution is 2.36. The molecule has 2 fully saturated rings. The van der Waals surface area contributed by atoms with Crippen LogP contribution in [0.5, 0.6) is 0 Å². The third-order valence-electron chi connectivity index (χ3n) is 5.26. The van der Waals surface area contributed by atoms with E-state index in [1.165, 1.54) is 22.5 Å². The van der Waals surface area contributed by atoms with Crippen LogP contribution in [0.15, 0.2) is 24.3 Å². The van der Waals surface area contributed by atoms with Gasteiger partial charge in [-0.3, -0.25) is 9.69 Å². The largest absolute Gasteiger partial charge is 0.342 e. The van der Waals surface area contributed by atoms with E-state index >= 15 is 0 Å². The second kappa shape index (κ2) is 7.19. The molecule has 3 heterocycles. The summed E-state index contributed by atoms with van der Waals surface area (Å²) in [6.07, 6.45) is 7.13. The molecule has 24 heavy (non-hydrogen) atoms. The Labute approximate surface area is 147 Å². The van der Waals surface area contributed by atoms with Crippen molar-refractivity contribution in [3.63, 3.8) is 0 Å². The van der Waals surface area contributed by atoms with E-state index in [-0.39, 0.29) is 0 Å². The van der Waals surface area contributed by atoms with Crippen molar-refractivity contribution < 1.29 is 4.79 Å². The maximum atomic E-state index is 12.7. The molecule has 2 aliphatic rings. The van der Waals surface area contributed by atoms with Crippen LogP contribution in [0.25, 0.3) is 10.2 Å². The van der Waals surface area contributed by atoms with E-state index < -0.39 is 0 Å². The summed E-state index contributed by atoms with van der Waals surface area (Å²) in [5.41, 5.74) is 1.09. The van der Waals surface area contributed by atoms with Crippen LogP contribution in [0.4, 0.5) is 0 Å². The van der Waals surface area contributed by atoms with Crippen LogP contribution in [0.2, 0.25) is 0 Å². The third-order valence-corrected chi connectivity index (χ3v) is 6.39. The van der Waals surface area contributed by atoms with Gasteiger partial charge in [-0.2, -0.15) is 0 Å². The third kappa shape index (κ3) is 3.33. The number of carbonyl (C=O) groups excluding carboxylic acids is 1. The molecule has 2 aliphatic heterocycles. The molecule has 0 N–H and O–H groups in total. The van der Waals surface area contributed by atoms with Crippen molar-refractivity contribution in [3.05, 3.63) is 29.3 Å². The average molecular weight is 343 g/mol. The standard InChI is InChI=1S/C19H25N3OS/c23-18(21-11-5-1-2-6-12-21)14-22-13-7-9-16(22)19-20-15-8-3-4-10-17(15)24-19/h3-4,8,10,16H,1-2,5-7,9,11-14H2. The SMILES string of the molecule is O=C(CN1CCCC1c1nc2ccccc2s1)N1CCCCCC1. The van der Waals surface area contributed by atoms with Gasteiger partial charge in [0, 0.05) is 13.1 Å². The van der Waals surface area contributed by atoms with E-state index in [4.69, 9.17) is 4.98 Å². The molecule has 1 aromatic heterocycles. The van der Waals surface area contributed by atoms with E-state index in [1.54, 1.807) is 11.3 Å². The quantitative estimate of drug-likeness (QED) is 0.850. The number of carbonyl (C=O) groups is 1. The van der Waals surface area contributed by atoms with Crippen LogP contribution >= 0.6 is 11.3 Å². The smallest absolute Gasteiger partial charge is 0.236 e. The number of fused-ring (bicyclic) bond motifs is 1. The molecule has 4 nitrogen and oxygen atoms in total. The van der Waals surface area contributed by atoms with Gasteiger partial charge in [0.15, 0.2) is 0 Å². The molecule has 0 aliphatic carbocycles. The number of hydrogen-bond acceptors (Lipinski definition) is 4. The molecule has 1 unspecified atom stereocenters. The molecule has 128 valence electrons. The number of para-hydroxylation sites is 1. The molecular weight excluding hydrogens is 318 g/mol. The van der Waals surface area contributed by atoms with Gasteiger partial charge in [-0.05, 0) is 44.4 Å². The van der Waals surface area contributed by atoms with Gasteiger partial charge in [0.25, 0.3) is 0 Å². The first kappa shape index (κ1) is 16.0. The van der Waals surface area contributed by atoms with Crippen LogP contribution < -0.4 is 0 Å². The molecule has 2 saturated heterocycles. The van der Waals surface area contributed by atoms with Gasteiger partial charge < -0.3 is 4.90 Å². The fraction of sp³-hybridized carbons (Fsp3) is 0.579. The monoisotopic (exact) mass is 343 g/mol. The Bertz CT molecular complexity index is 672. The minimum absolute atomic E-state index is 0.310. The molecular formula is C19H25N3OS. The Morgan fingerprint density at radius 3 is 2.67 bits per heavy atom. The van der Waals surface area contributed by atoms with E-state index in [0.717, 1.165) is 50.8 Å². The van der Waals surface area contributed by atoms with Gasteiger partial charge in [0.05, 0.1) is 22.8 Å². The van der Waals surface area contributed by atoms with Crippen molar-refractivity contribution in [1.29, 1.82) is 0 Å². The lowest BCUT2D eigenvalue weighted by Gasteiger charge is -2.26. The summed E-state index contributed by atoms with van der Waals surface area (Å²) in [4.78, 5) is 22.0. The lowest BCUT2D eigenvalue weighted by molar-refractivity contribution is -0.132. The first-order valence-corrected chi connectivity index (χ1v) is 10.0. The minimum Gasteiger partial charge on any atom is -0.342 e. The van der Waals surface area contributed by atoms with Gasteiger partial charge in [-0.1, -0.05) is 25.0 Å². The van der Waals surface area contributed by atoms with E-state index in [1.807, 2.05) is 6.07 Å². The number of likely N-dealkylation sites (tertiary alicyclic amines) is 2. The first-order chi connectivity index (χ1) is 11.8. The Hall–Kier alpha value is -1.46. The minimum atomic E-state index is 0.310. The zero-order chi connectivity index (χ0) is 16.4. The summed E-state index contributed by atoms with van der Waals surface area (Å²) in [5, 5.41) is 1.18. The molecule has 5 heteroatoms. The summed E-state index contributed by atoms with van der Waals surface area (Å²) in [6, 6.07) is 8.65. The van der Waals surface area contributed by atoms with Crippen LogP contribution in [0, 0.1) is 0 Å². The van der Waals surface area contributed by atoms with E-state index in [9.17, 15) is 4.79 Å². The molecule has 0 bridgehead atoms. The van der Waals surface area contributed by atoms with Crippen molar-refractivity contribution >= 4 is 27.5 Å². The number of aromatic nitrogens is 1. The summed E-state index contributed by atoms with van der Waals surface area (Å²) in [7, 11) is 0. The molecule has 0 spiro atoms. The number of nitrogens with zero attached hydrogens (tertiary/aromatic N) is 3. The first-order valence-electron chi connectivity index (χ1n) is 9.18. The predicted octanol–water partition coefficient (Wildman–Crippen LogP) is 3.84. The maximum Gasteiger partial charge on any atom is 0.236 e. The van der Waals surface area contributed by atoms with Crippen LogP contribution in [0.1, 0.15) is 49.6 Å². The number of thiazole rings is 1. The molecule has 1 amide bonds. The summed E-state index contributed by atoms with van der Waals surface area (Å²) in [6.45, 7) is 3.46. The predicted molar refractivity (Wildman–Crippen MR) is 98.2 cm³/mol. The number of rotatable bonds is 3. The van der Waals surface area contributed by atoms with E-state index in [2.05, 4.69) is 28.0 Å². The Morgan fingerprint density at radius 1 is 1.08 bits per heavy atom. The second-order valence-corrected chi connectivity index (χ2v) is 8.01. The van der Waals surface area contributed by atoms with Crippen molar-refractivity contribution in [2.75, 3.05) is 26.2 Å². The fourth-order valence-electron chi connectivity index (χ4n) is 3.92. The Kier molecular flexibility index (Phi) is 4.81. The zero-order valence-corrected chi connectivity index (χ0v) is 14.9. The second-order valence-electron chi connectivity index (χ2n) is 6.94. The highest BCUT2D eigenvalue weighted by Gasteiger charge is 2.31. The molecule has 0 saturated carbocycles. The van der Waals surface area contributed by atoms with Crippen LogP contribution in [0.3, 0.4) is 0 Å². The van der Waals surface area contributed by atoms with Gasteiger partial charge in [0.1, 0.15) is 5.01 Å². The fourth-order valence-corrected chi connectivity index (χ4v) is 5.06. The molecule has 2 aromatic rings. The number of hydrogen-bond donors (Lipinski definition) is 0. The topological polar surface area (TPSA) is 36.4 Å². The molecule has 0 radical (unpaired) electrons. The van der Waals surface area contributed by atoms with Gasteiger partial charge in [0.2, 0.25) is 5.91 Å². The molecule has 1 aromatic carbocycles. The van der Waals surface area contributed by atoms with Crippen molar-refractivity contribution in [2.24, 2.45) is 0 Å². The van der Waals surface area contributed by atoms with Crippen molar-refractivity contribution in [3.8, 4) is 0 Å². The van der Waals surface area contributed by atoms with Gasteiger partial charge in [-0.25, -0.2) is 4.98 Å². The lowest BCUT2D eigenvalue weighted by atomic mass is 10.2. The van der Waals surface area contributed by atoms with Crippen LogP contribution in [-0.2, 0) is 4.79 Å². The van der Waals surface area contributed by atoms with Gasteiger partial charge >= 0.3 is 0 Å². The highest BCUT2D eigenvalue weighted by molar-refractivity contribution is 7.18. The molecule has 1 atom stereocenters. The van der Waals surface area contributed by atoms with Crippen molar-refractivity contribution in [2.45, 2.75) is 44.6 Å². The van der Waals surface area contributed by atoms with Crippen LogP contribution in [-0.4, -0.2) is 46.9 Å². The number of benzene rings is 1. The van der Waals surface area contributed by atoms with E-state index in [0.29, 0.717) is 18.5 Å².